The third-order valence-corrected chi connectivity index (χ3v) is 4.03. The van der Waals surface area contributed by atoms with Crippen LogP contribution in [0.2, 0.25) is 5.02 Å². The third kappa shape index (κ3) is 3.14. The summed E-state index contributed by atoms with van der Waals surface area (Å²) in [6.07, 6.45) is 0. The van der Waals surface area contributed by atoms with Gasteiger partial charge in [-0.2, -0.15) is 0 Å². The average Bonchev–Trinajstić information content (AvgIpc) is 2.38. The van der Waals surface area contributed by atoms with Crippen molar-refractivity contribution < 1.29 is 14.6 Å². The van der Waals surface area contributed by atoms with Crippen LogP contribution in [0, 0.1) is 13.8 Å². The minimum atomic E-state index is -0.976. The summed E-state index contributed by atoms with van der Waals surface area (Å²) in [7, 11) is 0. The summed E-state index contributed by atoms with van der Waals surface area (Å²) in [4.78, 5) is 10.9. The number of carboxylic acids is 1. The number of halogens is 2. The number of aromatic carboxylic acids is 1. The molecule has 3 nitrogen and oxygen atoms in total. The molecule has 2 aromatic rings. The monoisotopic (exact) mass is 354 g/mol. The Morgan fingerprint density at radius 2 is 1.80 bits per heavy atom. The minimum absolute atomic E-state index is 0.202. The van der Waals surface area contributed by atoms with Crippen LogP contribution >= 0.6 is 27.5 Å². The summed E-state index contributed by atoms with van der Waals surface area (Å²) in [5.41, 5.74) is 2.06. The standard InChI is InChI=1S/C15H12BrClO3/c1-8-5-11(6-9(2)14(8)17)20-13-4-3-10(15(18)19)7-12(13)16/h3-7H,1-2H3,(H,18,19). The number of ether oxygens (including phenoxy) is 1. The molecule has 0 radical (unpaired) electrons. The van der Waals surface area contributed by atoms with Crippen molar-refractivity contribution in [3.05, 3.63) is 56.5 Å². The number of aryl methyl sites for hydroxylation is 2. The van der Waals surface area contributed by atoms with Gasteiger partial charge >= 0.3 is 5.97 Å². The van der Waals surface area contributed by atoms with Crippen LogP contribution in [-0.4, -0.2) is 11.1 Å². The Balaban J connectivity index is 2.33. The number of carbonyl (C=O) groups is 1. The van der Waals surface area contributed by atoms with Gasteiger partial charge in [0.1, 0.15) is 11.5 Å². The van der Waals surface area contributed by atoms with Crippen LogP contribution in [0.15, 0.2) is 34.8 Å². The molecule has 5 heteroatoms. The smallest absolute Gasteiger partial charge is 0.335 e. The molecule has 2 rings (SSSR count). The lowest BCUT2D eigenvalue weighted by molar-refractivity contribution is 0.0697. The average molecular weight is 356 g/mol. The second kappa shape index (κ2) is 5.85. The molecule has 0 saturated heterocycles. The SMILES string of the molecule is Cc1cc(Oc2ccc(C(=O)O)cc2Br)cc(C)c1Cl. The van der Waals surface area contributed by atoms with Gasteiger partial charge < -0.3 is 9.84 Å². The van der Waals surface area contributed by atoms with Gasteiger partial charge in [0, 0.05) is 5.02 Å². The van der Waals surface area contributed by atoms with Crippen LogP contribution < -0.4 is 4.74 Å². The molecule has 0 aliphatic rings. The molecule has 0 heterocycles. The van der Waals surface area contributed by atoms with E-state index >= 15 is 0 Å². The van der Waals surface area contributed by atoms with Crippen molar-refractivity contribution >= 4 is 33.5 Å². The Bertz CT molecular complexity index is 660. The van der Waals surface area contributed by atoms with Gasteiger partial charge in [0.15, 0.2) is 0 Å². The topological polar surface area (TPSA) is 46.5 Å². The number of rotatable bonds is 3. The summed E-state index contributed by atoms with van der Waals surface area (Å²) >= 11 is 9.42. The van der Waals surface area contributed by atoms with E-state index in [1.807, 2.05) is 26.0 Å². The predicted molar refractivity (Wildman–Crippen MR) is 82.1 cm³/mol. The molecular formula is C15H12BrClO3. The highest BCUT2D eigenvalue weighted by Crippen LogP contribution is 2.33. The van der Waals surface area contributed by atoms with Crippen molar-refractivity contribution in [1.29, 1.82) is 0 Å². The zero-order valence-corrected chi connectivity index (χ0v) is 13.2. The molecule has 0 atom stereocenters. The normalized spacial score (nSPS) is 10.4. The van der Waals surface area contributed by atoms with Crippen LogP contribution in [0.5, 0.6) is 11.5 Å². The molecule has 0 bridgehead atoms. The van der Waals surface area contributed by atoms with E-state index in [0.29, 0.717) is 16.0 Å². The van der Waals surface area contributed by atoms with Crippen LogP contribution in [0.3, 0.4) is 0 Å². The number of hydrogen-bond acceptors (Lipinski definition) is 2. The molecule has 0 fully saturated rings. The lowest BCUT2D eigenvalue weighted by atomic mass is 10.1. The first-order valence-electron chi connectivity index (χ1n) is 5.86. The van der Waals surface area contributed by atoms with E-state index in [1.165, 1.54) is 12.1 Å². The van der Waals surface area contributed by atoms with Gasteiger partial charge in [-0.25, -0.2) is 4.79 Å². The van der Waals surface area contributed by atoms with Crippen molar-refractivity contribution in [2.45, 2.75) is 13.8 Å². The van der Waals surface area contributed by atoms with Crippen molar-refractivity contribution in [2.24, 2.45) is 0 Å². The van der Waals surface area contributed by atoms with Crippen molar-refractivity contribution in [1.82, 2.24) is 0 Å². The maximum absolute atomic E-state index is 10.9. The molecule has 20 heavy (non-hydrogen) atoms. The van der Waals surface area contributed by atoms with E-state index in [9.17, 15) is 4.79 Å². The summed E-state index contributed by atoms with van der Waals surface area (Å²) in [5, 5.41) is 9.64. The third-order valence-electron chi connectivity index (χ3n) is 2.82. The lowest BCUT2D eigenvalue weighted by Crippen LogP contribution is -1.96. The Kier molecular flexibility index (Phi) is 4.35. The quantitative estimate of drug-likeness (QED) is 0.822. The maximum Gasteiger partial charge on any atom is 0.335 e. The summed E-state index contributed by atoms with van der Waals surface area (Å²) in [6, 6.07) is 8.30. The van der Waals surface area contributed by atoms with Crippen LogP contribution in [0.1, 0.15) is 21.5 Å². The number of carboxylic acid groups (broad SMARTS) is 1. The van der Waals surface area contributed by atoms with Crippen LogP contribution in [-0.2, 0) is 0 Å². The lowest BCUT2D eigenvalue weighted by Gasteiger charge is -2.11. The van der Waals surface area contributed by atoms with E-state index in [2.05, 4.69) is 15.9 Å². The van der Waals surface area contributed by atoms with Crippen molar-refractivity contribution in [3.63, 3.8) is 0 Å². The second-order valence-corrected chi connectivity index (χ2v) is 5.66. The van der Waals surface area contributed by atoms with E-state index < -0.39 is 5.97 Å². The highest BCUT2D eigenvalue weighted by atomic mass is 79.9. The number of benzene rings is 2. The zero-order chi connectivity index (χ0) is 14.9. The first-order valence-corrected chi connectivity index (χ1v) is 7.03. The van der Waals surface area contributed by atoms with Crippen LogP contribution in [0.25, 0.3) is 0 Å². The molecular weight excluding hydrogens is 344 g/mol. The molecule has 2 aromatic carbocycles. The summed E-state index contributed by atoms with van der Waals surface area (Å²) in [6.45, 7) is 3.82. The van der Waals surface area contributed by atoms with Gasteiger partial charge in [0.2, 0.25) is 0 Å². The fraction of sp³-hybridized carbons (Fsp3) is 0.133. The van der Waals surface area contributed by atoms with Crippen molar-refractivity contribution in [2.75, 3.05) is 0 Å². The number of hydrogen-bond donors (Lipinski definition) is 1. The first kappa shape index (κ1) is 14.9. The largest absolute Gasteiger partial charge is 0.478 e. The van der Waals surface area contributed by atoms with E-state index in [-0.39, 0.29) is 5.56 Å². The molecule has 0 amide bonds. The van der Waals surface area contributed by atoms with E-state index in [0.717, 1.165) is 16.1 Å². The molecule has 0 aliphatic carbocycles. The zero-order valence-electron chi connectivity index (χ0n) is 10.9. The molecule has 0 aliphatic heterocycles. The highest BCUT2D eigenvalue weighted by molar-refractivity contribution is 9.10. The Morgan fingerprint density at radius 1 is 1.20 bits per heavy atom. The van der Waals surface area contributed by atoms with Gasteiger partial charge in [-0.05, 0) is 71.2 Å². The fourth-order valence-corrected chi connectivity index (χ4v) is 2.38. The van der Waals surface area contributed by atoms with E-state index in [4.69, 9.17) is 21.4 Å². The molecule has 0 aromatic heterocycles. The van der Waals surface area contributed by atoms with Gasteiger partial charge in [-0.1, -0.05) is 11.6 Å². The molecule has 0 saturated carbocycles. The first-order chi connectivity index (χ1) is 9.38. The Labute approximate surface area is 130 Å². The Morgan fingerprint density at radius 3 is 2.30 bits per heavy atom. The molecule has 1 N–H and O–H groups in total. The van der Waals surface area contributed by atoms with Gasteiger partial charge in [0.25, 0.3) is 0 Å². The summed E-state index contributed by atoms with van der Waals surface area (Å²) in [5.74, 6) is 0.236. The highest BCUT2D eigenvalue weighted by Gasteiger charge is 2.10. The molecule has 0 unspecified atom stereocenters. The van der Waals surface area contributed by atoms with Crippen molar-refractivity contribution in [3.8, 4) is 11.5 Å². The summed E-state index contributed by atoms with van der Waals surface area (Å²) < 4.78 is 6.35. The van der Waals surface area contributed by atoms with Gasteiger partial charge in [-0.15, -0.1) is 0 Å². The molecule has 0 spiro atoms. The predicted octanol–water partition coefficient (Wildman–Crippen LogP) is 5.21. The maximum atomic E-state index is 10.9. The van der Waals surface area contributed by atoms with E-state index in [1.54, 1.807) is 6.07 Å². The second-order valence-electron chi connectivity index (χ2n) is 4.42. The van der Waals surface area contributed by atoms with Crippen LogP contribution in [0.4, 0.5) is 0 Å². The minimum Gasteiger partial charge on any atom is -0.478 e. The van der Waals surface area contributed by atoms with Gasteiger partial charge in [-0.3, -0.25) is 0 Å². The Hall–Kier alpha value is -1.52. The fourth-order valence-electron chi connectivity index (χ4n) is 1.81. The molecule has 104 valence electrons. The van der Waals surface area contributed by atoms with Gasteiger partial charge in [0.05, 0.1) is 10.0 Å².